The largest absolute Gasteiger partial charge is 0.382 e. The third kappa shape index (κ3) is 3.11. The molecule has 1 aliphatic heterocycles. The summed E-state index contributed by atoms with van der Waals surface area (Å²) in [6.07, 6.45) is 5.32. The lowest BCUT2D eigenvalue weighted by Gasteiger charge is -2.15. The first-order valence-corrected chi connectivity index (χ1v) is 9.74. The van der Waals surface area contributed by atoms with Gasteiger partial charge in [-0.15, -0.1) is 0 Å². The summed E-state index contributed by atoms with van der Waals surface area (Å²) in [6, 6.07) is 7.33. The van der Waals surface area contributed by atoms with Crippen molar-refractivity contribution < 1.29 is 4.79 Å². The van der Waals surface area contributed by atoms with Crippen LogP contribution in [0.5, 0.6) is 0 Å². The predicted molar refractivity (Wildman–Crippen MR) is 111 cm³/mol. The molecule has 1 aliphatic rings. The summed E-state index contributed by atoms with van der Waals surface area (Å²) in [5, 5.41) is 0. The van der Waals surface area contributed by atoms with E-state index in [1.165, 1.54) is 4.57 Å². The number of likely N-dealkylation sites (tertiary alicyclic amines) is 1. The number of nitrogens with zero attached hydrogens (tertiary/aromatic N) is 5. The normalized spacial score (nSPS) is 13.9. The highest BCUT2D eigenvalue weighted by Gasteiger charge is 2.20. The summed E-state index contributed by atoms with van der Waals surface area (Å²) in [5.74, 6) is 0.949. The van der Waals surface area contributed by atoms with Crippen LogP contribution in [-0.4, -0.2) is 53.4 Å². The molecular weight excluding hydrogens is 384 g/mol. The molecule has 0 radical (unpaired) electrons. The minimum absolute atomic E-state index is 0.0206. The molecule has 0 atom stereocenters. The SMILES string of the molecule is Nc1nc(-c2ncc[nH]2)nc2c1[nH]c(=O)n2Cc1cccc(C(=O)N2CCCC2)c1. The Hall–Kier alpha value is -3.95. The third-order valence-electron chi connectivity index (χ3n) is 5.27. The van der Waals surface area contributed by atoms with E-state index in [0.29, 0.717) is 28.4 Å². The maximum absolute atomic E-state index is 12.7. The average molecular weight is 404 g/mol. The van der Waals surface area contributed by atoms with Crippen molar-refractivity contribution in [2.45, 2.75) is 19.4 Å². The number of hydrogen-bond donors (Lipinski definition) is 3. The second kappa shape index (κ2) is 7.14. The van der Waals surface area contributed by atoms with Gasteiger partial charge in [-0.2, -0.15) is 0 Å². The van der Waals surface area contributed by atoms with Gasteiger partial charge in [-0.05, 0) is 30.5 Å². The molecule has 4 N–H and O–H groups in total. The van der Waals surface area contributed by atoms with Crippen LogP contribution in [0.25, 0.3) is 22.8 Å². The first kappa shape index (κ1) is 18.1. The fraction of sp³-hybridized carbons (Fsp3) is 0.250. The molecule has 0 saturated carbocycles. The van der Waals surface area contributed by atoms with Crippen LogP contribution in [0.1, 0.15) is 28.8 Å². The molecule has 4 aromatic rings. The number of hydrogen-bond acceptors (Lipinski definition) is 6. The van der Waals surface area contributed by atoms with Gasteiger partial charge in [0.25, 0.3) is 5.91 Å². The zero-order chi connectivity index (χ0) is 20.7. The number of anilines is 1. The maximum Gasteiger partial charge on any atom is 0.328 e. The van der Waals surface area contributed by atoms with E-state index in [1.54, 1.807) is 18.5 Å². The van der Waals surface area contributed by atoms with Crippen LogP contribution >= 0.6 is 0 Å². The third-order valence-corrected chi connectivity index (χ3v) is 5.27. The van der Waals surface area contributed by atoms with Gasteiger partial charge < -0.3 is 20.6 Å². The lowest BCUT2D eigenvalue weighted by Crippen LogP contribution is -2.27. The Balaban J connectivity index is 1.52. The minimum Gasteiger partial charge on any atom is -0.382 e. The first-order valence-electron chi connectivity index (χ1n) is 9.74. The number of aromatic nitrogens is 6. The van der Waals surface area contributed by atoms with Gasteiger partial charge in [-0.1, -0.05) is 12.1 Å². The molecule has 0 aliphatic carbocycles. The van der Waals surface area contributed by atoms with Gasteiger partial charge in [0.05, 0.1) is 6.54 Å². The van der Waals surface area contributed by atoms with E-state index >= 15 is 0 Å². The zero-order valence-electron chi connectivity index (χ0n) is 16.1. The van der Waals surface area contributed by atoms with Crippen LogP contribution in [0.3, 0.4) is 0 Å². The Morgan fingerprint density at radius 2 is 2.03 bits per heavy atom. The van der Waals surface area contributed by atoms with Crippen molar-refractivity contribution in [1.29, 1.82) is 0 Å². The van der Waals surface area contributed by atoms with E-state index in [2.05, 4.69) is 24.9 Å². The predicted octanol–water partition coefficient (Wildman–Crippen LogP) is 1.38. The molecule has 1 amide bonds. The van der Waals surface area contributed by atoms with E-state index in [4.69, 9.17) is 5.73 Å². The van der Waals surface area contributed by atoms with Crippen molar-refractivity contribution >= 4 is 22.9 Å². The molecule has 30 heavy (non-hydrogen) atoms. The monoisotopic (exact) mass is 404 g/mol. The molecule has 10 heteroatoms. The average Bonchev–Trinajstić information content (AvgIpc) is 3.51. The molecule has 0 unspecified atom stereocenters. The molecule has 1 aromatic carbocycles. The Labute approximate surface area is 170 Å². The Kier molecular flexibility index (Phi) is 4.31. The van der Waals surface area contributed by atoms with Gasteiger partial charge in [0, 0.05) is 31.0 Å². The van der Waals surface area contributed by atoms with E-state index in [9.17, 15) is 9.59 Å². The highest BCUT2D eigenvalue weighted by Crippen LogP contribution is 2.20. The lowest BCUT2D eigenvalue weighted by molar-refractivity contribution is 0.0792. The van der Waals surface area contributed by atoms with Gasteiger partial charge in [-0.3, -0.25) is 9.36 Å². The van der Waals surface area contributed by atoms with E-state index in [0.717, 1.165) is 31.5 Å². The van der Waals surface area contributed by atoms with Crippen LogP contribution in [0, 0.1) is 0 Å². The highest BCUT2D eigenvalue weighted by atomic mass is 16.2. The fourth-order valence-electron chi connectivity index (χ4n) is 3.78. The standard InChI is InChI=1S/C20H20N8O2/c21-15-14-18(26-17(25-15)16-22-6-7-23-16)28(20(30)24-14)11-12-4-3-5-13(10-12)19(29)27-8-1-2-9-27/h3-7,10H,1-2,8-9,11H2,(H,22,23)(H,24,30)(H2,21,25,26). The number of nitrogens with one attached hydrogen (secondary N) is 2. The molecule has 5 rings (SSSR count). The van der Waals surface area contributed by atoms with Gasteiger partial charge >= 0.3 is 5.69 Å². The van der Waals surface area contributed by atoms with E-state index < -0.39 is 0 Å². The number of aromatic amines is 2. The Morgan fingerprint density at radius 1 is 1.20 bits per heavy atom. The number of nitrogen functional groups attached to an aromatic ring is 1. The molecule has 0 spiro atoms. The van der Waals surface area contributed by atoms with Crippen LogP contribution in [0.2, 0.25) is 0 Å². The fourth-order valence-corrected chi connectivity index (χ4v) is 3.78. The molecule has 152 valence electrons. The Morgan fingerprint density at radius 3 is 2.80 bits per heavy atom. The molecule has 1 fully saturated rings. The number of amides is 1. The molecule has 10 nitrogen and oxygen atoms in total. The number of H-pyrrole nitrogens is 2. The van der Waals surface area contributed by atoms with Crippen molar-refractivity contribution in [3.05, 3.63) is 58.3 Å². The molecule has 4 heterocycles. The van der Waals surface area contributed by atoms with Gasteiger partial charge in [0.15, 0.2) is 23.1 Å². The van der Waals surface area contributed by atoms with Crippen LogP contribution < -0.4 is 11.4 Å². The second-order valence-electron chi connectivity index (χ2n) is 7.28. The van der Waals surface area contributed by atoms with Crippen molar-refractivity contribution in [2.24, 2.45) is 0 Å². The molecular formula is C20H20N8O2. The van der Waals surface area contributed by atoms with Gasteiger partial charge in [0.2, 0.25) is 0 Å². The number of nitrogens with two attached hydrogens (primary N) is 1. The number of benzene rings is 1. The minimum atomic E-state index is -0.348. The van der Waals surface area contributed by atoms with Gasteiger partial charge in [-0.25, -0.2) is 19.7 Å². The van der Waals surface area contributed by atoms with Crippen LogP contribution in [0.15, 0.2) is 41.5 Å². The van der Waals surface area contributed by atoms with Gasteiger partial charge in [0.1, 0.15) is 5.52 Å². The van der Waals surface area contributed by atoms with Crippen molar-refractivity contribution in [2.75, 3.05) is 18.8 Å². The first-order chi connectivity index (χ1) is 14.6. The van der Waals surface area contributed by atoms with Crippen molar-refractivity contribution in [3.63, 3.8) is 0 Å². The topological polar surface area (TPSA) is 139 Å². The summed E-state index contributed by atoms with van der Waals surface area (Å²) in [6.45, 7) is 1.82. The molecule has 1 saturated heterocycles. The van der Waals surface area contributed by atoms with Crippen LogP contribution in [-0.2, 0) is 6.54 Å². The van der Waals surface area contributed by atoms with Crippen LogP contribution in [0.4, 0.5) is 5.82 Å². The number of carbonyl (C=O) groups is 1. The number of fused-ring (bicyclic) bond motifs is 1. The highest BCUT2D eigenvalue weighted by molar-refractivity contribution is 5.94. The number of carbonyl (C=O) groups excluding carboxylic acids is 1. The van der Waals surface area contributed by atoms with Crippen molar-refractivity contribution in [3.8, 4) is 11.6 Å². The summed E-state index contributed by atoms with van der Waals surface area (Å²) < 4.78 is 1.49. The summed E-state index contributed by atoms with van der Waals surface area (Å²) in [7, 11) is 0. The quantitative estimate of drug-likeness (QED) is 0.470. The summed E-state index contributed by atoms with van der Waals surface area (Å²) >= 11 is 0. The summed E-state index contributed by atoms with van der Waals surface area (Å²) in [4.78, 5) is 45.7. The van der Waals surface area contributed by atoms with Crippen molar-refractivity contribution in [1.82, 2.24) is 34.4 Å². The lowest BCUT2D eigenvalue weighted by atomic mass is 10.1. The molecule has 3 aromatic heterocycles. The number of imidazole rings is 2. The Bertz CT molecular complexity index is 1280. The van der Waals surface area contributed by atoms with E-state index in [1.807, 2.05) is 23.1 Å². The second-order valence-corrected chi connectivity index (χ2v) is 7.28. The maximum atomic E-state index is 12.7. The zero-order valence-corrected chi connectivity index (χ0v) is 16.1. The number of rotatable bonds is 4. The molecule has 0 bridgehead atoms. The van der Waals surface area contributed by atoms with E-state index in [-0.39, 0.29) is 24.0 Å². The summed E-state index contributed by atoms with van der Waals surface area (Å²) in [5.41, 5.74) is 7.89. The smallest absolute Gasteiger partial charge is 0.328 e.